The minimum atomic E-state index is -0.787. The van der Waals surface area contributed by atoms with Crippen LogP contribution in [0.5, 0.6) is 0 Å². The number of urea groups is 1. The normalized spacial score (nSPS) is 33.5. The molecule has 0 aromatic heterocycles. The Morgan fingerprint density at radius 1 is 1.35 bits per heavy atom. The number of nitrogens with one attached hydrogen (secondary N) is 3. The second kappa shape index (κ2) is 7.05. The van der Waals surface area contributed by atoms with Crippen LogP contribution in [-0.4, -0.2) is 54.0 Å². The van der Waals surface area contributed by atoms with Gasteiger partial charge in [0.05, 0.1) is 0 Å². The van der Waals surface area contributed by atoms with Gasteiger partial charge in [-0.2, -0.15) is 0 Å². The van der Waals surface area contributed by atoms with Crippen LogP contribution in [0.3, 0.4) is 0 Å². The van der Waals surface area contributed by atoms with E-state index >= 15 is 0 Å². The SMILES string of the molecule is CC1CCCCC12NC(=O)N(CC(=O)NC1CCNC1)C2=O.Cl. The Morgan fingerprint density at radius 3 is 2.78 bits per heavy atom. The molecule has 0 aromatic carbocycles. The van der Waals surface area contributed by atoms with E-state index in [1.807, 2.05) is 6.92 Å². The standard InChI is InChI=1S/C15H24N4O3.ClH/c1-10-4-2-3-6-15(10)13(21)19(14(22)18-15)9-12(20)17-11-5-7-16-8-11;/h10-11,16H,2-9H2,1H3,(H,17,20)(H,18,22);1H. The van der Waals surface area contributed by atoms with Gasteiger partial charge in [-0.1, -0.05) is 19.8 Å². The average Bonchev–Trinajstić information content (AvgIpc) is 3.06. The molecule has 0 aromatic rings. The summed E-state index contributed by atoms with van der Waals surface area (Å²) < 4.78 is 0. The predicted molar refractivity (Wildman–Crippen MR) is 87.3 cm³/mol. The van der Waals surface area contributed by atoms with Gasteiger partial charge < -0.3 is 16.0 Å². The van der Waals surface area contributed by atoms with Gasteiger partial charge in [0.1, 0.15) is 12.1 Å². The first-order chi connectivity index (χ1) is 10.5. The second-order valence-corrected chi connectivity index (χ2v) is 6.70. The highest BCUT2D eigenvalue weighted by Crippen LogP contribution is 2.38. The van der Waals surface area contributed by atoms with E-state index in [9.17, 15) is 14.4 Å². The lowest BCUT2D eigenvalue weighted by Crippen LogP contribution is -2.54. The van der Waals surface area contributed by atoms with Gasteiger partial charge in [0, 0.05) is 12.6 Å². The van der Waals surface area contributed by atoms with Crippen LogP contribution < -0.4 is 16.0 Å². The zero-order valence-corrected chi connectivity index (χ0v) is 14.2. The number of rotatable bonds is 3. The zero-order chi connectivity index (χ0) is 15.7. The molecule has 23 heavy (non-hydrogen) atoms. The largest absolute Gasteiger partial charge is 0.350 e. The molecule has 3 aliphatic rings. The van der Waals surface area contributed by atoms with E-state index in [1.165, 1.54) is 0 Å². The third kappa shape index (κ3) is 3.30. The van der Waals surface area contributed by atoms with Crippen LogP contribution in [0, 0.1) is 5.92 Å². The number of carbonyl (C=O) groups is 3. The zero-order valence-electron chi connectivity index (χ0n) is 13.4. The molecule has 4 amide bonds. The van der Waals surface area contributed by atoms with E-state index in [0.29, 0.717) is 6.42 Å². The van der Waals surface area contributed by atoms with Crippen molar-refractivity contribution in [3.05, 3.63) is 0 Å². The number of halogens is 1. The van der Waals surface area contributed by atoms with Crippen LogP contribution in [0.15, 0.2) is 0 Å². The Kier molecular flexibility index (Phi) is 5.52. The summed E-state index contributed by atoms with van der Waals surface area (Å²) in [5.41, 5.74) is -0.787. The Morgan fingerprint density at radius 2 is 2.13 bits per heavy atom. The van der Waals surface area contributed by atoms with Crippen LogP contribution >= 0.6 is 12.4 Å². The van der Waals surface area contributed by atoms with Gasteiger partial charge in [-0.05, 0) is 31.7 Å². The van der Waals surface area contributed by atoms with Crippen LogP contribution in [0.4, 0.5) is 4.79 Å². The Balaban J connectivity index is 0.00000192. The summed E-state index contributed by atoms with van der Waals surface area (Å²) in [6.07, 6.45) is 4.50. The maximum absolute atomic E-state index is 12.7. The fraction of sp³-hybridized carbons (Fsp3) is 0.800. The van der Waals surface area contributed by atoms with Crippen molar-refractivity contribution in [3.63, 3.8) is 0 Å². The average molecular weight is 345 g/mol. The topological polar surface area (TPSA) is 90.5 Å². The Bertz CT molecular complexity index is 495. The van der Waals surface area contributed by atoms with E-state index in [2.05, 4.69) is 16.0 Å². The molecule has 130 valence electrons. The number of imide groups is 1. The summed E-state index contributed by atoms with van der Waals surface area (Å²) in [7, 11) is 0. The van der Waals surface area contributed by atoms with Gasteiger partial charge in [-0.15, -0.1) is 12.4 Å². The molecule has 3 rings (SSSR count). The molecule has 3 fully saturated rings. The molecule has 3 atom stereocenters. The van der Waals surface area contributed by atoms with E-state index in [0.717, 1.165) is 43.7 Å². The third-order valence-corrected chi connectivity index (χ3v) is 5.23. The summed E-state index contributed by atoms with van der Waals surface area (Å²) in [6, 6.07) is -0.339. The summed E-state index contributed by atoms with van der Waals surface area (Å²) in [5, 5.41) is 8.90. The van der Waals surface area contributed by atoms with E-state index < -0.39 is 11.6 Å². The highest BCUT2D eigenvalue weighted by Gasteiger charge is 2.55. The van der Waals surface area contributed by atoms with Gasteiger partial charge in [0.2, 0.25) is 5.91 Å². The lowest BCUT2D eigenvalue weighted by atomic mass is 9.73. The summed E-state index contributed by atoms with van der Waals surface area (Å²) in [6.45, 7) is 3.45. The molecule has 7 nitrogen and oxygen atoms in total. The smallest absolute Gasteiger partial charge is 0.325 e. The van der Waals surface area contributed by atoms with Crippen molar-refractivity contribution in [2.75, 3.05) is 19.6 Å². The predicted octanol–water partition coefficient (Wildman–Crippen LogP) is 0.387. The fourth-order valence-corrected chi connectivity index (χ4v) is 3.83. The van der Waals surface area contributed by atoms with Gasteiger partial charge in [-0.3, -0.25) is 14.5 Å². The van der Waals surface area contributed by atoms with Crippen molar-refractivity contribution in [2.24, 2.45) is 5.92 Å². The van der Waals surface area contributed by atoms with Crippen molar-refractivity contribution in [1.29, 1.82) is 0 Å². The number of nitrogens with zero attached hydrogens (tertiary/aromatic N) is 1. The molecule has 1 saturated carbocycles. The first kappa shape index (κ1) is 18.0. The van der Waals surface area contributed by atoms with Crippen molar-refractivity contribution in [1.82, 2.24) is 20.9 Å². The molecule has 2 heterocycles. The van der Waals surface area contributed by atoms with E-state index in [4.69, 9.17) is 0 Å². The molecule has 0 radical (unpaired) electrons. The van der Waals surface area contributed by atoms with Crippen molar-refractivity contribution in [3.8, 4) is 0 Å². The van der Waals surface area contributed by atoms with Crippen LogP contribution in [0.2, 0.25) is 0 Å². The lowest BCUT2D eigenvalue weighted by molar-refractivity contribution is -0.137. The van der Waals surface area contributed by atoms with Gasteiger partial charge in [0.15, 0.2) is 0 Å². The van der Waals surface area contributed by atoms with Crippen molar-refractivity contribution >= 4 is 30.3 Å². The van der Waals surface area contributed by atoms with Gasteiger partial charge in [-0.25, -0.2) is 4.79 Å². The quantitative estimate of drug-likeness (QED) is 0.646. The maximum Gasteiger partial charge on any atom is 0.325 e. The molecule has 2 aliphatic heterocycles. The van der Waals surface area contributed by atoms with Crippen molar-refractivity contribution in [2.45, 2.75) is 50.6 Å². The summed E-state index contributed by atoms with van der Waals surface area (Å²) in [5.74, 6) is -0.382. The molecule has 1 aliphatic carbocycles. The number of hydrogen-bond donors (Lipinski definition) is 3. The molecular weight excluding hydrogens is 320 g/mol. The minimum Gasteiger partial charge on any atom is -0.350 e. The minimum absolute atomic E-state index is 0. The first-order valence-electron chi connectivity index (χ1n) is 8.17. The summed E-state index contributed by atoms with van der Waals surface area (Å²) >= 11 is 0. The fourth-order valence-electron chi connectivity index (χ4n) is 3.83. The molecule has 1 spiro atoms. The Hall–Kier alpha value is -1.34. The monoisotopic (exact) mass is 344 g/mol. The second-order valence-electron chi connectivity index (χ2n) is 6.70. The first-order valence-corrected chi connectivity index (χ1v) is 8.17. The molecular formula is C15H25ClN4O3. The number of carbonyl (C=O) groups excluding carboxylic acids is 3. The highest BCUT2D eigenvalue weighted by atomic mass is 35.5. The molecule has 3 N–H and O–H groups in total. The molecule has 3 unspecified atom stereocenters. The lowest BCUT2D eigenvalue weighted by Gasteiger charge is -2.36. The van der Waals surface area contributed by atoms with E-state index in [-0.39, 0.29) is 42.7 Å². The van der Waals surface area contributed by atoms with Crippen LogP contribution in [0.25, 0.3) is 0 Å². The highest BCUT2D eigenvalue weighted by molar-refractivity contribution is 6.09. The summed E-state index contributed by atoms with van der Waals surface area (Å²) in [4.78, 5) is 38.1. The molecule has 8 heteroatoms. The number of hydrogen-bond acceptors (Lipinski definition) is 4. The van der Waals surface area contributed by atoms with Gasteiger partial charge in [0.25, 0.3) is 5.91 Å². The Labute approximate surface area is 142 Å². The van der Waals surface area contributed by atoms with E-state index in [1.54, 1.807) is 0 Å². The third-order valence-electron chi connectivity index (χ3n) is 5.23. The van der Waals surface area contributed by atoms with Crippen LogP contribution in [0.1, 0.15) is 39.0 Å². The van der Waals surface area contributed by atoms with Crippen LogP contribution in [-0.2, 0) is 9.59 Å². The van der Waals surface area contributed by atoms with Gasteiger partial charge >= 0.3 is 6.03 Å². The van der Waals surface area contributed by atoms with Crippen molar-refractivity contribution < 1.29 is 14.4 Å². The molecule has 0 bridgehead atoms. The maximum atomic E-state index is 12.7. The number of amides is 4. The molecule has 2 saturated heterocycles.